The van der Waals surface area contributed by atoms with E-state index in [9.17, 15) is 4.79 Å². The first-order valence-corrected chi connectivity index (χ1v) is 7.57. The first-order chi connectivity index (χ1) is 10.7. The van der Waals surface area contributed by atoms with E-state index >= 15 is 0 Å². The third-order valence-corrected chi connectivity index (χ3v) is 3.67. The number of amides is 1. The van der Waals surface area contributed by atoms with Gasteiger partial charge >= 0.3 is 0 Å². The monoisotopic (exact) mass is 313 g/mol. The molecule has 0 saturated heterocycles. The molecule has 2 N–H and O–H groups in total. The highest BCUT2D eigenvalue weighted by molar-refractivity contribution is 6.30. The van der Waals surface area contributed by atoms with Crippen LogP contribution in [0.15, 0.2) is 48.5 Å². The molecule has 22 heavy (non-hydrogen) atoms. The average molecular weight is 314 g/mol. The van der Waals surface area contributed by atoms with Gasteiger partial charge in [0.1, 0.15) is 5.82 Å². The quantitative estimate of drug-likeness (QED) is 0.707. The molecule has 0 radical (unpaired) electrons. The van der Waals surface area contributed by atoms with E-state index in [0.717, 1.165) is 29.7 Å². The number of benzene rings is 2. The molecule has 0 aliphatic heterocycles. The van der Waals surface area contributed by atoms with Crippen LogP contribution in [0, 0.1) is 0 Å². The second kappa shape index (κ2) is 6.62. The highest BCUT2D eigenvalue weighted by Gasteiger charge is 2.05. The standard InChI is InChI=1S/C17H16ClN3O/c18-13-9-7-12(8-10-13)17(22)19-11-3-6-16-20-14-4-1-2-5-15(14)21-16/h1-2,4-5,7-10H,3,6,11H2,(H,19,22)(H,20,21). The van der Waals surface area contributed by atoms with Crippen molar-refractivity contribution in [1.29, 1.82) is 0 Å². The molecule has 1 heterocycles. The largest absolute Gasteiger partial charge is 0.352 e. The Morgan fingerprint density at radius 3 is 2.68 bits per heavy atom. The van der Waals surface area contributed by atoms with Gasteiger partial charge in [0.2, 0.25) is 0 Å². The van der Waals surface area contributed by atoms with Crippen molar-refractivity contribution >= 4 is 28.5 Å². The summed E-state index contributed by atoms with van der Waals surface area (Å²) in [5, 5.41) is 3.53. The molecule has 1 amide bonds. The zero-order valence-corrected chi connectivity index (χ0v) is 12.7. The van der Waals surface area contributed by atoms with Crippen molar-refractivity contribution in [3.05, 3.63) is 64.9 Å². The molecule has 0 saturated carbocycles. The van der Waals surface area contributed by atoms with Crippen molar-refractivity contribution < 1.29 is 4.79 Å². The van der Waals surface area contributed by atoms with E-state index in [0.29, 0.717) is 17.1 Å². The Hall–Kier alpha value is -2.33. The molecule has 3 rings (SSSR count). The van der Waals surface area contributed by atoms with Gasteiger partial charge in [0, 0.05) is 23.6 Å². The van der Waals surface area contributed by atoms with E-state index < -0.39 is 0 Å². The van der Waals surface area contributed by atoms with Crippen LogP contribution >= 0.6 is 11.6 Å². The number of hydrogen-bond donors (Lipinski definition) is 2. The van der Waals surface area contributed by atoms with E-state index in [1.54, 1.807) is 24.3 Å². The number of fused-ring (bicyclic) bond motifs is 1. The summed E-state index contributed by atoms with van der Waals surface area (Å²) in [5.74, 6) is 0.864. The van der Waals surface area contributed by atoms with Crippen LogP contribution in [-0.4, -0.2) is 22.4 Å². The number of para-hydroxylation sites is 2. The van der Waals surface area contributed by atoms with E-state index in [2.05, 4.69) is 15.3 Å². The normalized spacial score (nSPS) is 10.8. The Morgan fingerprint density at radius 1 is 1.14 bits per heavy atom. The molecular formula is C17H16ClN3O. The Kier molecular flexibility index (Phi) is 4.39. The van der Waals surface area contributed by atoms with Crippen LogP contribution in [0.5, 0.6) is 0 Å². The molecule has 5 heteroatoms. The molecule has 0 unspecified atom stereocenters. The summed E-state index contributed by atoms with van der Waals surface area (Å²) < 4.78 is 0. The number of carbonyl (C=O) groups excluding carboxylic acids is 1. The number of aromatic amines is 1. The zero-order valence-electron chi connectivity index (χ0n) is 12.0. The first kappa shape index (κ1) is 14.6. The van der Waals surface area contributed by atoms with Crippen LogP contribution in [0.3, 0.4) is 0 Å². The summed E-state index contributed by atoms with van der Waals surface area (Å²) in [6.45, 7) is 0.610. The highest BCUT2D eigenvalue weighted by Crippen LogP contribution is 2.11. The van der Waals surface area contributed by atoms with Crippen molar-refractivity contribution in [2.45, 2.75) is 12.8 Å². The van der Waals surface area contributed by atoms with Gasteiger partial charge < -0.3 is 10.3 Å². The maximum Gasteiger partial charge on any atom is 0.251 e. The molecule has 0 atom stereocenters. The van der Waals surface area contributed by atoms with E-state index in [1.807, 2.05) is 24.3 Å². The number of rotatable bonds is 5. The molecule has 0 aliphatic carbocycles. The van der Waals surface area contributed by atoms with Gasteiger partial charge in [-0.15, -0.1) is 0 Å². The Labute approximate surface area is 133 Å². The third kappa shape index (κ3) is 3.46. The molecular weight excluding hydrogens is 298 g/mol. The molecule has 4 nitrogen and oxygen atoms in total. The van der Waals surface area contributed by atoms with Crippen molar-refractivity contribution in [2.75, 3.05) is 6.54 Å². The minimum Gasteiger partial charge on any atom is -0.352 e. The Balaban J connectivity index is 1.49. The van der Waals surface area contributed by atoms with E-state index in [4.69, 9.17) is 11.6 Å². The fourth-order valence-corrected chi connectivity index (χ4v) is 2.41. The summed E-state index contributed by atoms with van der Waals surface area (Å²) in [5.41, 5.74) is 2.64. The number of halogens is 1. The molecule has 2 aromatic carbocycles. The number of carbonyl (C=O) groups is 1. The second-order valence-corrected chi connectivity index (χ2v) is 5.50. The van der Waals surface area contributed by atoms with E-state index in [-0.39, 0.29) is 5.91 Å². The molecule has 1 aromatic heterocycles. The summed E-state index contributed by atoms with van der Waals surface area (Å²) in [4.78, 5) is 19.7. The number of nitrogens with one attached hydrogen (secondary N) is 2. The molecule has 112 valence electrons. The van der Waals surface area contributed by atoms with Crippen molar-refractivity contribution in [1.82, 2.24) is 15.3 Å². The lowest BCUT2D eigenvalue weighted by molar-refractivity contribution is 0.0953. The molecule has 0 fully saturated rings. The number of nitrogens with zero attached hydrogens (tertiary/aromatic N) is 1. The van der Waals surface area contributed by atoms with Crippen LogP contribution < -0.4 is 5.32 Å². The lowest BCUT2D eigenvalue weighted by Crippen LogP contribution is -2.24. The number of aromatic nitrogens is 2. The maximum atomic E-state index is 11.9. The predicted molar refractivity (Wildman–Crippen MR) is 88.2 cm³/mol. The average Bonchev–Trinajstić information content (AvgIpc) is 2.95. The van der Waals surface area contributed by atoms with Gasteiger partial charge in [-0.2, -0.15) is 0 Å². The third-order valence-electron chi connectivity index (χ3n) is 3.42. The maximum absolute atomic E-state index is 11.9. The highest BCUT2D eigenvalue weighted by atomic mass is 35.5. The summed E-state index contributed by atoms with van der Waals surface area (Å²) in [6, 6.07) is 14.8. The summed E-state index contributed by atoms with van der Waals surface area (Å²) >= 11 is 5.80. The summed E-state index contributed by atoms with van der Waals surface area (Å²) in [6.07, 6.45) is 1.63. The van der Waals surface area contributed by atoms with Crippen LogP contribution in [0.2, 0.25) is 5.02 Å². The summed E-state index contributed by atoms with van der Waals surface area (Å²) in [7, 11) is 0. The molecule has 0 aliphatic rings. The lowest BCUT2D eigenvalue weighted by Gasteiger charge is -2.04. The van der Waals surface area contributed by atoms with Crippen LogP contribution in [0.4, 0.5) is 0 Å². The number of aryl methyl sites for hydroxylation is 1. The topological polar surface area (TPSA) is 57.8 Å². The number of hydrogen-bond acceptors (Lipinski definition) is 2. The van der Waals surface area contributed by atoms with Crippen molar-refractivity contribution in [3.63, 3.8) is 0 Å². The first-order valence-electron chi connectivity index (χ1n) is 7.20. The van der Waals surface area contributed by atoms with Gasteiger partial charge in [-0.1, -0.05) is 23.7 Å². The minimum atomic E-state index is -0.0822. The van der Waals surface area contributed by atoms with Crippen LogP contribution in [0.1, 0.15) is 22.6 Å². The number of imidazole rings is 1. The second-order valence-electron chi connectivity index (χ2n) is 5.07. The SMILES string of the molecule is O=C(NCCCc1nc2ccccc2[nH]1)c1ccc(Cl)cc1. The lowest BCUT2D eigenvalue weighted by atomic mass is 10.2. The van der Waals surface area contributed by atoms with Gasteiger partial charge in [0.25, 0.3) is 5.91 Å². The fourth-order valence-electron chi connectivity index (χ4n) is 2.29. The molecule has 0 spiro atoms. The van der Waals surface area contributed by atoms with Crippen molar-refractivity contribution in [2.24, 2.45) is 0 Å². The zero-order chi connectivity index (χ0) is 15.4. The van der Waals surface area contributed by atoms with Gasteiger partial charge in [0.15, 0.2) is 0 Å². The smallest absolute Gasteiger partial charge is 0.251 e. The van der Waals surface area contributed by atoms with Gasteiger partial charge in [0.05, 0.1) is 11.0 Å². The van der Waals surface area contributed by atoms with Gasteiger partial charge in [-0.05, 0) is 42.8 Å². The Bertz CT molecular complexity index is 747. The fraction of sp³-hybridized carbons (Fsp3) is 0.176. The predicted octanol–water partition coefficient (Wildman–Crippen LogP) is 3.58. The van der Waals surface area contributed by atoms with Gasteiger partial charge in [-0.25, -0.2) is 4.98 Å². The molecule has 3 aromatic rings. The minimum absolute atomic E-state index is 0.0822. The van der Waals surface area contributed by atoms with Gasteiger partial charge in [-0.3, -0.25) is 4.79 Å². The van der Waals surface area contributed by atoms with Crippen molar-refractivity contribution in [3.8, 4) is 0 Å². The molecule has 0 bridgehead atoms. The van der Waals surface area contributed by atoms with Crippen LogP contribution in [0.25, 0.3) is 11.0 Å². The number of H-pyrrole nitrogens is 1. The van der Waals surface area contributed by atoms with Crippen LogP contribution in [-0.2, 0) is 6.42 Å². The Morgan fingerprint density at radius 2 is 1.91 bits per heavy atom. The van der Waals surface area contributed by atoms with E-state index in [1.165, 1.54) is 0 Å².